The van der Waals surface area contributed by atoms with E-state index in [0.717, 1.165) is 28.3 Å². The Labute approximate surface area is 153 Å². The van der Waals surface area contributed by atoms with Gasteiger partial charge in [-0.2, -0.15) is 0 Å². The first-order chi connectivity index (χ1) is 12.6. The highest BCUT2D eigenvalue weighted by atomic mass is 16.5. The molecule has 0 aliphatic carbocycles. The molecule has 3 aromatic rings. The number of carbonyl (C=O) groups is 1. The van der Waals surface area contributed by atoms with E-state index in [1.54, 1.807) is 12.3 Å². The van der Waals surface area contributed by atoms with Gasteiger partial charge in [0.15, 0.2) is 5.82 Å². The molecule has 0 aliphatic heterocycles. The fourth-order valence-corrected chi connectivity index (χ4v) is 2.60. The van der Waals surface area contributed by atoms with Crippen LogP contribution in [0.4, 0.5) is 5.69 Å². The highest BCUT2D eigenvalue weighted by Gasteiger charge is 2.09. The largest absolute Gasteiger partial charge is 0.494 e. The first kappa shape index (κ1) is 17.6. The molecule has 0 spiro atoms. The van der Waals surface area contributed by atoms with Crippen LogP contribution in [-0.2, 0) is 0 Å². The van der Waals surface area contributed by atoms with E-state index in [-0.39, 0.29) is 5.91 Å². The standard InChI is InChI=1S/C21H21N3O2/c1-4-26-19-10-7-17(13-14(19)2)21(25)24-18-8-5-16(6-9-18)20-22-12-11-15(3)23-20/h5-13H,4H2,1-3H3,(H,24,25). The van der Waals surface area contributed by atoms with E-state index in [1.807, 2.05) is 63.2 Å². The molecule has 0 radical (unpaired) electrons. The number of anilines is 1. The summed E-state index contributed by atoms with van der Waals surface area (Å²) in [5.74, 6) is 1.31. The van der Waals surface area contributed by atoms with Gasteiger partial charge in [-0.25, -0.2) is 9.97 Å². The molecule has 0 unspecified atom stereocenters. The number of carbonyl (C=O) groups excluding carboxylic acids is 1. The number of hydrogen-bond donors (Lipinski definition) is 1. The van der Waals surface area contributed by atoms with E-state index in [1.165, 1.54) is 0 Å². The number of nitrogens with one attached hydrogen (secondary N) is 1. The second-order valence-corrected chi connectivity index (χ2v) is 5.97. The summed E-state index contributed by atoms with van der Waals surface area (Å²) < 4.78 is 5.51. The van der Waals surface area contributed by atoms with Crippen molar-refractivity contribution in [2.75, 3.05) is 11.9 Å². The maximum atomic E-state index is 12.5. The second-order valence-electron chi connectivity index (χ2n) is 5.97. The minimum atomic E-state index is -0.157. The number of benzene rings is 2. The average Bonchev–Trinajstić information content (AvgIpc) is 2.64. The number of nitrogens with zero attached hydrogens (tertiary/aromatic N) is 2. The summed E-state index contributed by atoms with van der Waals surface area (Å²) in [5.41, 5.74) is 4.07. The lowest BCUT2D eigenvalue weighted by molar-refractivity contribution is 0.102. The lowest BCUT2D eigenvalue weighted by Crippen LogP contribution is -2.12. The van der Waals surface area contributed by atoms with Crippen LogP contribution in [0.1, 0.15) is 28.5 Å². The minimum absolute atomic E-state index is 0.157. The van der Waals surface area contributed by atoms with Crippen LogP contribution in [0.2, 0.25) is 0 Å². The van der Waals surface area contributed by atoms with Gasteiger partial charge in [0.05, 0.1) is 6.61 Å². The third-order valence-electron chi connectivity index (χ3n) is 3.93. The van der Waals surface area contributed by atoms with Crippen LogP contribution in [0.3, 0.4) is 0 Å². The van der Waals surface area contributed by atoms with E-state index in [9.17, 15) is 4.79 Å². The fraction of sp³-hybridized carbons (Fsp3) is 0.190. The van der Waals surface area contributed by atoms with Gasteiger partial charge in [0.2, 0.25) is 0 Å². The van der Waals surface area contributed by atoms with Crippen LogP contribution in [0, 0.1) is 13.8 Å². The quantitative estimate of drug-likeness (QED) is 0.742. The maximum Gasteiger partial charge on any atom is 0.255 e. The molecule has 5 nitrogen and oxygen atoms in total. The molecular formula is C21H21N3O2. The Hall–Kier alpha value is -3.21. The Balaban J connectivity index is 1.72. The predicted octanol–water partition coefficient (Wildman–Crippen LogP) is 4.41. The molecule has 3 rings (SSSR count). The van der Waals surface area contributed by atoms with E-state index < -0.39 is 0 Å². The zero-order valence-corrected chi connectivity index (χ0v) is 15.1. The van der Waals surface area contributed by atoms with Gasteiger partial charge in [0.25, 0.3) is 5.91 Å². The highest BCUT2D eigenvalue weighted by Crippen LogP contribution is 2.21. The molecule has 0 aliphatic rings. The number of aromatic nitrogens is 2. The SMILES string of the molecule is CCOc1ccc(C(=O)Nc2ccc(-c3nccc(C)n3)cc2)cc1C. The summed E-state index contributed by atoms with van der Waals surface area (Å²) in [6.45, 7) is 6.39. The van der Waals surface area contributed by atoms with E-state index >= 15 is 0 Å². The predicted molar refractivity (Wildman–Crippen MR) is 103 cm³/mol. The number of rotatable bonds is 5. The van der Waals surface area contributed by atoms with Crippen molar-refractivity contribution in [3.8, 4) is 17.1 Å². The van der Waals surface area contributed by atoms with Crippen LogP contribution in [0.5, 0.6) is 5.75 Å². The Bertz CT molecular complexity index is 921. The topological polar surface area (TPSA) is 64.1 Å². The van der Waals surface area contributed by atoms with Crippen molar-refractivity contribution in [2.24, 2.45) is 0 Å². The summed E-state index contributed by atoms with van der Waals surface area (Å²) in [4.78, 5) is 21.1. The zero-order chi connectivity index (χ0) is 18.5. The van der Waals surface area contributed by atoms with Crippen LogP contribution >= 0.6 is 0 Å². The van der Waals surface area contributed by atoms with Gasteiger partial charge in [-0.15, -0.1) is 0 Å². The molecule has 1 N–H and O–H groups in total. The van der Waals surface area contributed by atoms with Crippen molar-refractivity contribution < 1.29 is 9.53 Å². The summed E-state index contributed by atoms with van der Waals surface area (Å²) in [5, 5.41) is 2.91. The van der Waals surface area contributed by atoms with Gasteiger partial charge in [0, 0.05) is 28.7 Å². The summed E-state index contributed by atoms with van der Waals surface area (Å²) in [6, 6.07) is 14.8. The molecule has 0 bridgehead atoms. The third kappa shape index (κ3) is 4.06. The lowest BCUT2D eigenvalue weighted by Gasteiger charge is -2.10. The normalized spacial score (nSPS) is 10.4. The first-order valence-electron chi connectivity index (χ1n) is 8.51. The van der Waals surface area contributed by atoms with Gasteiger partial charge >= 0.3 is 0 Å². The zero-order valence-electron chi connectivity index (χ0n) is 15.1. The van der Waals surface area contributed by atoms with Gasteiger partial charge in [0.1, 0.15) is 5.75 Å². The van der Waals surface area contributed by atoms with Crippen molar-refractivity contribution in [3.63, 3.8) is 0 Å². The van der Waals surface area contributed by atoms with Crippen molar-refractivity contribution in [2.45, 2.75) is 20.8 Å². The van der Waals surface area contributed by atoms with Crippen molar-refractivity contribution in [1.29, 1.82) is 0 Å². The van der Waals surface area contributed by atoms with Crippen LogP contribution in [0.15, 0.2) is 54.7 Å². The number of ether oxygens (including phenoxy) is 1. The third-order valence-corrected chi connectivity index (χ3v) is 3.93. The Morgan fingerprint density at radius 2 is 1.85 bits per heavy atom. The average molecular weight is 347 g/mol. The number of amides is 1. The Kier molecular flexibility index (Phi) is 5.27. The molecule has 0 atom stereocenters. The molecule has 0 saturated carbocycles. The smallest absolute Gasteiger partial charge is 0.255 e. The summed E-state index contributed by atoms with van der Waals surface area (Å²) in [6.07, 6.45) is 1.74. The fourth-order valence-electron chi connectivity index (χ4n) is 2.60. The van der Waals surface area contributed by atoms with Crippen molar-refractivity contribution >= 4 is 11.6 Å². The molecule has 1 heterocycles. The molecule has 132 valence electrons. The van der Waals surface area contributed by atoms with Crippen LogP contribution in [0.25, 0.3) is 11.4 Å². The van der Waals surface area contributed by atoms with Crippen molar-refractivity contribution in [3.05, 3.63) is 71.5 Å². The molecular weight excluding hydrogens is 326 g/mol. The highest BCUT2D eigenvalue weighted by molar-refractivity contribution is 6.04. The van der Waals surface area contributed by atoms with Gasteiger partial charge in [-0.3, -0.25) is 4.79 Å². The molecule has 1 aromatic heterocycles. The summed E-state index contributed by atoms with van der Waals surface area (Å²) >= 11 is 0. The first-order valence-corrected chi connectivity index (χ1v) is 8.51. The van der Waals surface area contributed by atoms with Gasteiger partial charge < -0.3 is 10.1 Å². The molecule has 26 heavy (non-hydrogen) atoms. The Morgan fingerprint density at radius 3 is 2.50 bits per heavy atom. The van der Waals surface area contributed by atoms with Gasteiger partial charge in [-0.1, -0.05) is 0 Å². The monoisotopic (exact) mass is 347 g/mol. The van der Waals surface area contributed by atoms with Crippen molar-refractivity contribution in [1.82, 2.24) is 9.97 Å². The molecule has 0 saturated heterocycles. The maximum absolute atomic E-state index is 12.5. The summed E-state index contributed by atoms with van der Waals surface area (Å²) in [7, 11) is 0. The van der Waals surface area contributed by atoms with Crippen LogP contribution in [-0.4, -0.2) is 22.5 Å². The number of aryl methyl sites for hydroxylation is 2. The van der Waals surface area contributed by atoms with Crippen LogP contribution < -0.4 is 10.1 Å². The lowest BCUT2D eigenvalue weighted by atomic mass is 10.1. The number of hydrogen-bond acceptors (Lipinski definition) is 4. The minimum Gasteiger partial charge on any atom is -0.494 e. The molecule has 2 aromatic carbocycles. The van der Waals surface area contributed by atoms with E-state index in [4.69, 9.17) is 4.74 Å². The molecule has 1 amide bonds. The Morgan fingerprint density at radius 1 is 1.08 bits per heavy atom. The molecule has 5 heteroatoms. The van der Waals surface area contributed by atoms with Gasteiger partial charge in [-0.05, 0) is 74.9 Å². The van der Waals surface area contributed by atoms with E-state index in [0.29, 0.717) is 18.0 Å². The second kappa shape index (κ2) is 7.78. The molecule has 0 fully saturated rings. The van der Waals surface area contributed by atoms with E-state index in [2.05, 4.69) is 15.3 Å².